The largest absolute Gasteiger partial charge is 0.325 e. The van der Waals surface area contributed by atoms with Gasteiger partial charge in [-0.25, -0.2) is 4.79 Å². The van der Waals surface area contributed by atoms with Crippen LogP contribution in [0, 0.1) is 12.8 Å². The molecule has 8 nitrogen and oxygen atoms in total. The van der Waals surface area contributed by atoms with Gasteiger partial charge in [0.25, 0.3) is 5.56 Å². The quantitative estimate of drug-likeness (QED) is 0.747. The number of H-pyrrole nitrogens is 2. The Labute approximate surface area is 136 Å². The molecule has 1 fully saturated rings. The maximum atomic E-state index is 11.9. The highest BCUT2D eigenvalue weighted by molar-refractivity contribution is 5.70. The second kappa shape index (κ2) is 5.55. The van der Waals surface area contributed by atoms with E-state index in [1.54, 1.807) is 12.3 Å². The molecule has 0 aliphatic heterocycles. The molecule has 1 saturated carbocycles. The van der Waals surface area contributed by atoms with Gasteiger partial charge in [-0.05, 0) is 31.7 Å². The van der Waals surface area contributed by atoms with E-state index in [0.717, 1.165) is 29.3 Å². The van der Waals surface area contributed by atoms with Crippen molar-refractivity contribution in [2.75, 3.05) is 0 Å². The lowest BCUT2D eigenvalue weighted by Gasteiger charge is -2.05. The Bertz CT molecular complexity index is 1010. The number of aromatic nitrogens is 6. The van der Waals surface area contributed by atoms with Crippen LogP contribution in [0.2, 0.25) is 0 Å². The Morgan fingerprint density at radius 1 is 1.25 bits per heavy atom. The Balaban J connectivity index is 1.74. The minimum absolute atomic E-state index is 0.272. The summed E-state index contributed by atoms with van der Waals surface area (Å²) in [6.45, 7) is 2.80. The molecule has 0 unspecified atom stereocenters. The van der Waals surface area contributed by atoms with Crippen molar-refractivity contribution in [3.8, 4) is 22.4 Å². The van der Waals surface area contributed by atoms with Gasteiger partial charge in [-0.3, -0.25) is 14.5 Å². The average Bonchev–Trinajstić information content (AvgIpc) is 3.24. The summed E-state index contributed by atoms with van der Waals surface area (Å²) in [4.78, 5) is 27.7. The second-order valence-corrected chi connectivity index (χ2v) is 6.11. The zero-order valence-corrected chi connectivity index (χ0v) is 13.1. The van der Waals surface area contributed by atoms with Crippen LogP contribution in [-0.2, 0) is 6.54 Å². The highest BCUT2D eigenvalue weighted by Crippen LogP contribution is 2.31. The van der Waals surface area contributed by atoms with Crippen molar-refractivity contribution in [1.29, 1.82) is 0 Å². The van der Waals surface area contributed by atoms with Crippen molar-refractivity contribution in [2.24, 2.45) is 5.92 Å². The highest BCUT2D eigenvalue weighted by atomic mass is 16.2. The molecule has 2 N–H and O–H groups in total. The normalized spacial score (nSPS) is 14.0. The van der Waals surface area contributed by atoms with Gasteiger partial charge in [0.2, 0.25) is 0 Å². The summed E-state index contributed by atoms with van der Waals surface area (Å²) in [6, 6.07) is 1.80. The monoisotopic (exact) mass is 324 g/mol. The molecule has 1 aliphatic carbocycles. The summed E-state index contributed by atoms with van der Waals surface area (Å²) in [5.74, 6) is 0.740. The molecule has 0 spiro atoms. The van der Waals surface area contributed by atoms with Gasteiger partial charge in [0.15, 0.2) is 0 Å². The molecule has 1 aliphatic rings. The molecule has 0 saturated heterocycles. The number of aryl methyl sites for hydroxylation is 1. The standard InChI is InChI=1S/C16H16N6O2/c1-9-12(11-5-18-22(8-11)7-10-2-3-10)4-14(21-20-9)13-6-17-16(24)19-15(13)23/h4-6,8,10H,2-3,7H2,1H3,(H2,17,19,23,24). The second-order valence-electron chi connectivity index (χ2n) is 6.11. The van der Waals surface area contributed by atoms with Crippen molar-refractivity contribution in [1.82, 2.24) is 29.9 Å². The van der Waals surface area contributed by atoms with E-state index in [2.05, 4.69) is 25.3 Å². The highest BCUT2D eigenvalue weighted by Gasteiger charge is 2.22. The van der Waals surface area contributed by atoms with Gasteiger partial charge in [0.05, 0.1) is 17.5 Å². The Kier molecular flexibility index (Phi) is 3.37. The lowest BCUT2D eigenvalue weighted by molar-refractivity contribution is 0.563. The first-order chi connectivity index (χ1) is 11.6. The summed E-state index contributed by atoms with van der Waals surface area (Å²) >= 11 is 0. The third kappa shape index (κ3) is 2.78. The van der Waals surface area contributed by atoms with Crippen molar-refractivity contribution in [3.05, 3.63) is 51.2 Å². The summed E-state index contributed by atoms with van der Waals surface area (Å²) in [7, 11) is 0. The van der Waals surface area contributed by atoms with E-state index in [0.29, 0.717) is 5.69 Å². The van der Waals surface area contributed by atoms with Gasteiger partial charge >= 0.3 is 5.69 Å². The molecule has 0 atom stereocenters. The van der Waals surface area contributed by atoms with Gasteiger partial charge in [0, 0.05) is 30.1 Å². The Morgan fingerprint density at radius 3 is 2.83 bits per heavy atom. The van der Waals surface area contributed by atoms with Crippen LogP contribution >= 0.6 is 0 Å². The van der Waals surface area contributed by atoms with E-state index in [1.807, 2.05) is 17.8 Å². The molecule has 24 heavy (non-hydrogen) atoms. The molecule has 0 radical (unpaired) electrons. The molecular formula is C16H16N6O2. The number of nitrogens with one attached hydrogen (secondary N) is 2. The van der Waals surface area contributed by atoms with Crippen molar-refractivity contribution in [3.63, 3.8) is 0 Å². The van der Waals surface area contributed by atoms with Gasteiger partial charge in [-0.1, -0.05) is 0 Å². The van der Waals surface area contributed by atoms with E-state index >= 15 is 0 Å². The fourth-order valence-corrected chi connectivity index (χ4v) is 2.64. The third-order valence-corrected chi connectivity index (χ3v) is 4.16. The zero-order valence-electron chi connectivity index (χ0n) is 13.1. The van der Waals surface area contributed by atoms with E-state index in [-0.39, 0.29) is 5.56 Å². The number of hydrogen-bond donors (Lipinski definition) is 2. The van der Waals surface area contributed by atoms with E-state index in [1.165, 1.54) is 19.0 Å². The summed E-state index contributed by atoms with van der Waals surface area (Å²) in [5, 5.41) is 12.6. The summed E-state index contributed by atoms with van der Waals surface area (Å²) < 4.78 is 1.94. The van der Waals surface area contributed by atoms with Crippen LogP contribution in [0.5, 0.6) is 0 Å². The number of aromatic amines is 2. The first-order valence-electron chi connectivity index (χ1n) is 7.79. The maximum absolute atomic E-state index is 11.9. The summed E-state index contributed by atoms with van der Waals surface area (Å²) in [5.41, 5.74) is 2.19. The van der Waals surface area contributed by atoms with E-state index < -0.39 is 11.2 Å². The fraction of sp³-hybridized carbons (Fsp3) is 0.312. The SMILES string of the molecule is Cc1nnc(-c2c[nH]c(=O)[nH]c2=O)cc1-c1cnn(CC2CC2)c1. The van der Waals surface area contributed by atoms with Gasteiger partial charge in [-0.2, -0.15) is 10.2 Å². The number of rotatable bonds is 4. The summed E-state index contributed by atoms with van der Waals surface area (Å²) in [6.07, 6.45) is 7.67. The molecule has 0 amide bonds. The lowest BCUT2D eigenvalue weighted by Crippen LogP contribution is -2.22. The average molecular weight is 324 g/mol. The Morgan fingerprint density at radius 2 is 2.08 bits per heavy atom. The minimum atomic E-state index is -0.551. The van der Waals surface area contributed by atoms with Crippen LogP contribution < -0.4 is 11.2 Å². The van der Waals surface area contributed by atoms with Crippen molar-refractivity contribution >= 4 is 0 Å². The predicted octanol–water partition coefficient (Wildman–Crippen LogP) is 1.10. The Hall–Kier alpha value is -3.03. The molecule has 3 aromatic heterocycles. The molecule has 8 heteroatoms. The lowest BCUT2D eigenvalue weighted by atomic mass is 10.1. The van der Waals surface area contributed by atoms with Gasteiger partial charge in [0.1, 0.15) is 5.69 Å². The number of nitrogens with zero attached hydrogens (tertiary/aromatic N) is 4. The zero-order chi connectivity index (χ0) is 16.7. The molecule has 3 heterocycles. The maximum Gasteiger partial charge on any atom is 0.325 e. The topological polar surface area (TPSA) is 109 Å². The molecule has 4 rings (SSSR count). The van der Waals surface area contributed by atoms with E-state index in [9.17, 15) is 9.59 Å². The minimum Gasteiger partial charge on any atom is -0.313 e. The number of hydrogen-bond acceptors (Lipinski definition) is 5. The first-order valence-corrected chi connectivity index (χ1v) is 7.79. The van der Waals surface area contributed by atoms with Crippen LogP contribution in [0.25, 0.3) is 22.4 Å². The van der Waals surface area contributed by atoms with Crippen molar-refractivity contribution < 1.29 is 0 Å². The van der Waals surface area contributed by atoms with Gasteiger partial charge < -0.3 is 4.98 Å². The predicted molar refractivity (Wildman–Crippen MR) is 87.4 cm³/mol. The van der Waals surface area contributed by atoms with Gasteiger partial charge in [-0.15, -0.1) is 5.10 Å². The molecule has 122 valence electrons. The van der Waals surface area contributed by atoms with Crippen LogP contribution in [0.4, 0.5) is 0 Å². The van der Waals surface area contributed by atoms with Crippen LogP contribution in [0.15, 0.2) is 34.2 Å². The van der Waals surface area contributed by atoms with Crippen LogP contribution in [-0.4, -0.2) is 29.9 Å². The molecule has 0 aromatic carbocycles. The van der Waals surface area contributed by atoms with Crippen LogP contribution in [0.3, 0.4) is 0 Å². The van der Waals surface area contributed by atoms with Crippen molar-refractivity contribution in [2.45, 2.75) is 26.3 Å². The first kappa shape index (κ1) is 14.6. The third-order valence-electron chi connectivity index (χ3n) is 4.16. The smallest absolute Gasteiger partial charge is 0.313 e. The molecular weight excluding hydrogens is 308 g/mol. The molecule has 3 aromatic rings. The molecule has 0 bridgehead atoms. The van der Waals surface area contributed by atoms with E-state index in [4.69, 9.17) is 0 Å². The van der Waals surface area contributed by atoms with Crippen LogP contribution in [0.1, 0.15) is 18.5 Å². The fourth-order valence-electron chi connectivity index (χ4n) is 2.64.